The Balaban J connectivity index is 1.59. The van der Waals surface area contributed by atoms with E-state index in [0.29, 0.717) is 0 Å². The van der Waals surface area contributed by atoms with Crippen LogP contribution in [0.25, 0.3) is 5.57 Å². The molecule has 0 aromatic heterocycles. The molecule has 0 N–H and O–H groups in total. The standard InChI is InChI=1S/C23H30NO2Si/c1-20(21-7-4-3-5-8-21)22-9-11-23(12-10-22)27(19-25-2)18-6-13-24-14-16-26-17-15-24/h3-5,7-12H,1,6,13-19H2,2H3. The van der Waals surface area contributed by atoms with Crippen molar-refractivity contribution in [3.63, 3.8) is 0 Å². The summed E-state index contributed by atoms with van der Waals surface area (Å²) in [5.41, 5.74) is 3.45. The van der Waals surface area contributed by atoms with Crippen LogP contribution in [0.3, 0.4) is 0 Å². The third-order valence-corrected chi connectivity index (χ3v) is 7.88. The molecule has 143 valence electrons. The maximum Gasteiger partial charge on any atom is 0.116 e. The lowest BCUT2D eigenvalue weighted by molar-refractivity contribution is 0.0379. The largest absolute Gasteiger partial charge is 0.388 e. The van der Waals surface area contributed by atoms with Crippen molar-refractivity contribution < 1.29 is 9.47 Å². The molecule has 27 heavy (non-hydrogen) atoms. The van der Waals surface area contributed by atoms with Gasteiger partial charge in [0.25, 0.3) is 0 Å². The number of benzene rings is 2. The minimum atomic E-state index is -0.689. The SMILES string of the molecule is C=C(c1ccccc1)c1ccc([Si](CCCN2CCOCC2)COC)cc1. The fourth-order valence-corrected chi connectivity index (χ4v) is 5.70. The first-order chi connectivity index (χ1) is 13.3. The monoisotopic (exact) mass is 380 g/mol. The normalized spacial score (nSPS) is 15.2. The van der Waals surface area contributed by atoms with Crippen LogP contribution in [0.4, 0.5) is 0 Å². The summed E-state index contributed by atoms with van der Waals surface area (Å²) in [4.78, 5) is 2.52. The molecule has 1 saturated heterocycles. The Morgan fingerprint density at radius 2 is 1.70 bits per heavy atom. The summed E-state index contributed by atoms with van der Waals surface area (Å²) in [6.07, 6.45) is 2.10. The van der Waals surface area contributed by atoms with E-state index in [2.05, 4.69) is 60.0 Å². The van der Waals surface area contributed by atoms with Crippen molar-refractivity contribution in [3.05, 3.63) is 72.3 Å². The molecular weight excluding hydrogens is 350 g/mol. The third-order valence-electron chi connectivity index (χ3n) is 5.14. The molecule has 0 amide bonds. The van der Waals surface area contributed by atoms with Gasteiger partial charge < -0.3 is 9.47 Å². The predicted octanol–water partition coefficient (Wildman–Crippen LogP) is 3.36. The first-order valence-electron chi connectivity index (χ1n) is 9.77. The van der Waals surface area contributed by atoms with Crippen LogP contribution in [-0.4, -0.2) is 59.9 Å². The topological polar surface area (TPSA) is 21.7 Å². The van der Waals surface area contributed by atoms with Crippen molar-refractivity contribution in [2.24, 2.45) is 0 Å². The van der Waals surface area contributed by atoms with Gasteiger partial charge in [-0.05, 0) is 29.7 Å². The zero-order valence-corrected chi connectivity index (χ0v) is 17.3. The molecule has 1 radical (unpaired) electrons. The highest BCUT2D eigenvalue weighted by atomic mass is 28.3. The molecule has 0 unspecified atom stereocenters. The summed E-state index contributed by atoms with van der Waals surface area (Å²) in [5, 5.41) is 1.45. The summed E-state index contributed by atoms with van der Waals surface area (Å²) in [7, 11) is 1.13. The van der Waals surface area contributed by atoms with Gasteiger partial charge in [-0.25, -0.2) is 0 Å². The number of morpholine rings is 1. The van der Waals surface area contributed by atoms with Crippen LogP contribution in [-0.2, 0) is 9.47 Å². The van der Waals surface area contributed by atoms with E-state index in [1.165, 1.54) is 35.3 Å². The molecule has 0 aliphatic carbocycles. The number of hydrogen-bond acceptors (Lipinski definition) is 3. The fraction of sp³-hybridized carbons (Fsp3) is 0.391. The van der Waals surface area contributed by atoms with E-state index in [0.717, 1.165) is 38.1 Å². The average Bonchev–Trinajstić information content (AvgIpc) is 2.74. The Morgan fingerprint density at radius 1 is 1.04 bits per heavy atom. The van der Waals surface area contributed by atoms with Gasteiger partial charge in [0.2, 0.25) is 0 Å². The molecule has 1 aliphatic heterocycles. The molecule has 0 atom stereocenters. The molecule has 3 nitrogen and oxygen atoms in total. The first kappa shape index (κ1) is 20.0. The van der Waals surface area contributed by atoms with E-state index >= 15 is 0 Å². The summed E-state index contributed by atoms with van der Waals surface area (Å²) >= 11 is 0. The Morgan fingerprint density at radius 3 is 2.37 bits per heavy atom. The lowest BCUT2D eigenvalue weighted by Crippen LogP contribution is -2.39. The first-order valence-corrected chi connectivity index (χ1v) is 11.7. The minimum absolute atomic E-state index is 0.689. The molecule has 0 spiro atoms. The van der Waals surface area contributed by atoms with E-state index in [1.807, 2.05) is 13.2 Å². The highest BCUT2D eigenvalue weighted by molar-refractivity contribution is 6.73. The molecule has 0 bridgehead atoms. The highest BCUT2D eigenvalue weighted by Gasteiger charge is 2.16. The number of nitrogens with zero attached hydrogens (tertiary/aromatic N) is 1. The van der Waals surface area contributed by atoms with Crippen LogP contribution in [0, 0.1) is 0 Å². The van der Waals surface area contributed by atoms with Crippen molar-refractivity contribution in [1.82, 2.24) is 4.90 Å². The molecule has 3 rings (SSSR count). The second-order valence-electron chi connectivity index (χ2n) is 7.02. The van der Waals surface area contributed by atoms with Gasteiger partial charge in [-0.3, -0.25) is 4.90 Å². The summed E-state index contributed by atoms with van der Waals surface area (Å²) in [6.45, 7) is 9.35. The third kappa shape index (κ3) is 5.88. The van der Waals surface area contributed by atoms with E-state index < -0.39 is 8.80 Å². The Hall–Kier alpha value is -1.72. The van der Waals surface area contributed by atoms with E-state index in [4.69, 9.17) is 9.47 Å². The lowest BCUT2D eigenvalue weighted by atomic mass is 10.00. The zero-order chi connectivity index (χ0) is 18.9. The number of methoxy groups -OCH3 is 1. The second kappa shape index (κ2) is 10.6. The van der Waals surface area contributed by atoms with Crippen LogP contribution in [0.2, 0.25) is 6.04 Å². The van der Waals surface area contributed by atoms with Gasteiger partial charge in [-0.1, -0.05) is 72.4 Å². The maximum atomic E-state index is 5.54. The van der Waals surface area contributed by atoms with Crippen molar-refractivity contribution >= 4 is 19.6 Å². The Kier molecular flexibility index (Phi) is 7.84. The van der Waals surface area contributed by atoms with Gasteiger partial charge >= 0.3 is 0 Å². The zero-order valence-electron chi connectivity index (χ0n) is 16.3. The molecule has 1 aliphatic rings. The number of ether oxygens (including phenoxy) is 2. The van der Waals surface area contributed by atoms with E-state index in [-0.39, 0.29) is 0 Å². The van der Waals surface area contributed by atoms with Crippen molar-refractivity contribution in [2.75, 3.05) is 46.2 Å². The van der Waals surface area contributed by atoms with Gasteiger partial charge in [-0.2, -0.15) is 0 Å². The van der Waals surface area contributed by atoms with Crippen LogP contribution in [0.5, 0.6) is 0 Å². The molecule has 4 heteroatoms. The molecule has 2 aromatic rings. The van der Waals surface area contributed by atoms with Crippen molar-refractivity contribution in [3.8, 4) is 0 Å². The Bertz CT molecular complexity index is 696. The van der Waals surface area contributed by atoms with Gasteiger partial charge in [-0.15, -0.1) is 0 Å². The van der Waals surface area contributed by atoms with E-state index in [9.17, 15) is 0 Å². The van der Waals surface area contributed by atoms with Crippen LogP contribution >= 0.6 is 0 Å². The van der Waals surface area contributed by atoms with Crippen LogP contribution in [0.15, 0.2) is 61.2 Å². The van der Waals surface area contributed by atoms with Crippen LogP contribution < -0.4 is 5.19 Å². The van der Waals surface area contributed by atoms with E-state index in [1.54, 1.807) is 0 Å². The van der Waals surface area contributed by atoms with Crippen molar-refractivity contribution in [1.29, 1.82) is 0 Å². The number of hydrogen-bond donors (Lipinski definition) is 0. The molecule has 1 fully saturated rings. The number of rotatable bonds is 9. The smallest absolute Gasteiger partial charge is 0.116 e. The van der Waals surface area contributed by atoms with Gasteiger partial charge in [0.05, 0.1) is 13.2 Å². The lowest BCUT2D eigenvalue weighted by Gasteiger charge is -2.27. The van der Waals surface area contributed by atoms with Gasteiger partial charge in [0.15, 0.2) is 0 Å². The van der Waals surface area contributed by atoms with Crippen LogP contribution in [0.1, 0.15) is 17.5 Å². The molecule has 0 saturated carbocycles. The average molecular weight is 381 g/mol. The molecular formula is C23H30NO2Si. The predicted molar refractivity (Wildman–Crippen MR) is 115 cm³/mol. The maximum absolute atomic E-state index is 5.54. The summed E-state index contributed by atoms with van der Waals surface area (Å²) in [6, 6.07) is 20.6. The highest BCUT2D eigenvalue weighted by Crippen LogP contribution is 2.20. The van der Waals surface area contributed by atoms with Gasteiger partial charge in [0.1, 0.15) is 8.80 Å². The Labute approximate surface area is 165 Å². The van der Waals surface area contributed by atoms with Crippen molar-refractivity contribution in [2.45, 2.75) is 12.5 Å². The fourth-order valence-electron chi connectivity index (χ4n) is 3.53. The van der Waals surface area contributed by atoms with Gasteiger partial charge in [0, 0.05) is 26.4 Å². The molecule has 1 heterocycles. The minimum Gasteiger partial charge on any atom is -0.388 e. The molecule has 2 aromatic carbocycles. The second-order valence-corrected chi connectivity index (χ2v) is 9.59. The summed E-state index contributed by atoms with van der Waals surface area (Å²) < 4.78 is 11.0. The quantitative estimate of drug-likeness (QED) is 0.623. The summed E-state index contributed by atoms with van der Waals surface area (Å²) in [5.74, 6) is 0.